The van der Waals surface area contributed by atoms with Crippen LogP contribution in [0.25, 0.3) is 6.08 Å². The molecule has 3 aromatic carbocycles. The van der Waals surface area contributed by atoms with E-state index in [1.54, 1.807) is 30.0 Å². The van der Waals surface area contributed by atoms with Crippen LogP contribution in [-0.4, -0.2) is 59.7 Å². The number of alkyl halides is 3. The Hall–Kier alpha value is -5.95. The second-order valence-electron chi connectivity index (χ2n) is 19.6. The lowest BCUT2D eigenvalue weighted by Crippen LogP contribution is -2.43. The van der Waals surface area contributed by atoms with Gasteiger partial charge in [0.05, 0.1) is 13.2 Å². The quantitative estimate of drug-likeness (QED) is 0.0542. The highest BCUT2D eigenvalue weighted by Gasteiger charge is 2.65. The van der Waals surface area contributed by atoms with Crippen LogP contribution < -0.4 is 9.64 Å². The zero-order valence-electron chi connectivity index (χ0n) is 40.9. The van der Waals surface area contributed by atoms with Gasteiger partial charge in [0.15, 0.2) is 11.3 Å². The summed E-state index contributed by atoms with van der Waals surface area (Å²) in [5, 5.41) is 50.0. The van der Waals surface area contributed by atoms with Crippen LogP contribution in [0, 0.1) is 39.4 Å². The molecule has 2 atom stereocenters. The maximum Gasteiger partial charge on any atom is 0.437 e. The lowest BCUT2D eigenvalue weighted by Gasteiger charge is -2.34. The first-order chi connectivity index (χ1) is 33.9. The van der Waals surface area contributed by atoms with Crippen molar-refractivity contribution in [3.63, 3.8) is 0 Å². The Bertz CT molecular complexity index is 2680. The Morgan fingerprint density at radius 1 is 0.915 bits per heavy atom. The molecule has 0 amide bonds. The average Bonchev–Trinajstić information content (AvgIpc) is 3.98. The molecule has 3 aliphatic rings. The number of hydrogen-bond acceptors (Lipinski definition) is 11. The highest BCUT2D eigenvalue weighted by molar-refractivity contribution is 8.03. The van der Waals surface area contributed by atoms with Crippen LogP contribution in [0.3, 0.4) is 0 Å². The molecule has 1 saturated heterocycles. The van der Waals surface area contributed by atoms with Crippen LogP contribution in [0.1, 0.15) is 103 Å². The fourth-order valence-electron chi connectivity index (χ4n) is 9.08. The van der Waals surface area contributed by atoms with E-state index in [9.17, 15) is 30.8 Å². The minimum absolute atomic E-state index is 0.0339. The first-order valence-electron chi connectivity index (χ1n) is 23.9. The number of halogens is 3. The molecule has 1 fully saturated rings. The smallest absolute Gasteiger partial charge is 0.437 e. The van der Waals surface area contributed by atoms with Crippen molar-refractivity contribution in [2.24, 2.45) is 5.41 Å². The van der Waals surface area contributed by atoms with Crippen molar-refractivity contribution in [1.82, 2.24) is 0 Å². The highest BCUT2D eigenvalue weighted by atomic mass is 32.2. The third kappa shape index (κ3) is 13.5. The Morgan fingerprint density at radius 3 is 2.17 bits per heavy atom. The first-order valence-corrected chi connectivity index (χ1v) is 25.7. The van der Waals surface area contributed by atoms with Gasteiger partial charge < -0.3 is 24.6 Å². The van der Waals surface area contributed by atoms with Gasteiger partial charge in [-0.1, -0.05) is 120 Å². The minimum Gasteiger partial charge on any atom is -0.465 e. The van der Waals surface area contributed by atoms with Gasteiger partial charge in [-0.2, -0.15) is 40.7 Å². The third-order valence-electron chi connectivity index (χ3n) is 12.7. The molecule has 71 heavy (non-hydrogen) atoms. The Morgan fingerprint density at radius 2 is 1.59 bits per heavy atom. The molecule has 14 heteroatoms. The largest absolute Gasteiger partial charge is 0.465 e. The molecule has 2 N–H and O–H groups in total. The molecule has 372 valence electrons. The lowest BCUT2D eigenvalue weighted by atomic mass is 9.74. The maximum atomic E-state index is 16.0. The van der Waals surface area contributed by atoms with E-state index in [1.165, 1.54) is 37.1 Å². The minimum atomic E-state index is -5.23. The summed E-state index contributed by atoms with van der Waals surface area (Å²) in [6.07, 6.45) is 9.54. The second-order valence-corrected chi connectivity index (χ2v) is 22.1. The molecule has 0 saturated carbocycles. The lowest BCUT2D eigenvalue weighted by molar-refractivity contribution is -0.249. The van der Waals surface area contributed by atoms with Crippen LogP contribution in [0.15, 0.2) is 141 Å². The van der Waals surface area contributed by atoms with Gasteiger partial charge in [0.1, 0.15) is 29.5 Å². The summed E-state index contributed by atoms with van der Waals surface area (Å²) in [5.41, 5.74) is -1.38. The molecule has 2 aliphatic heterocycles. The topological polar surface area (TPSA) is 151 Å². The molecule has 3 aromatic rings. The van der Waals surface area contributed by atoms with Gasteiger partial charge in [-0.3, -0.25) is 4.79 Å². The van der Waals surface area contributed by atoms with E-state index in [0.717, 1.165) is 68.5 Å². The molecule has 0 spiro atoms. The van der Waals surface area contributed by atoms with E-state index in [1.807, 2.05) is 53.1 Å². The number of esters is 1. The number of nitrogens with zero attached hydrogens (tertiary/aromatic N) is 4. The van der Waals surface area contributed by atoms with E-state index < -0.39 is 45.8 Å². The van der Waals surface area contributed by atoms with E-state index in [2.05, 4.69) is 65.0 Å². The molecule has 2 heterocycles. The number of allylic oxidation sites excluding steroid dienone is 7. The summed E-state index contributed by atoms with van der Waals surface area (Å²) < 4.78 is 59.1. The summed E-state index contributed by atoms with van der Waals surface area (Å²) in [4.78, 5) is 16.5. The zero-order valence-corrected chi connectivity index (χ0v) is 42.6. The summed E-state index contributed by atoms with van der Waals surface area (Å²) in [6, 6.07) is 25.8. The normalized spacial score (nSPS) is 19.8. The number of hydrogen-bond donors (Lipinski definition) is 2. The summed E-state index contributed by atoms with van der Waals surface area (Å²) in [6.45, 7) is 11.3. The monoisotopic (exact) mass is 1000 g/mol. The molecule has 0 aromatic heterocycles. The summed E-state index contributed by atoms with van der Waals surface area (Å²) >= 11 is 3.51. The Kier molecular flexibility index (Phi) is 18.4. The fourth-order valence-corrected chi connectivity index (χ4v) is 11.5. The molecule has 0 bridgehead atoms. The third-order valence-corrected chi connectivity index (χ3v) is 15.4. The number of rotatable bonds is 18. The number of thioether (sulfide) groups is 2. The SMILES string of the molecule is CC1(C)CC(/C=C/c2ccc(N(CCO)CCO)cc2)=C(Sc2ccc(C(C)(C)C)cc2)C(=C/C=C/C2=C(C#N)C(=C(C#N)C#N)OC2(c2ccc(OC(=O)CCCCC3CCCS3)cc2)C(F)(F)F)/C1. The van der Waals surface area contributed by atoms with E-state index >= 15 is 13.2 Å². The van der Waals surface area contributed by atoms with Crippen molar-refractivity contribution < 1.29 is 37.7 Å². The molecular weight excluding hydrogens is 942 g/mol. The average molecular weight is 1000 g/mol. The predicted octanol–water partition coefficient (Wildman–Crippen LogP) is 13.1. The van der Waals surface area contributed by atoms with Gasteiger partial charge in [0, 0.05) is 51.4 Å². The van der Waals surface area contributed by atoms with Crippen LogP contribution in [0.2, 0.25) is 0 Å². The number of nitriles is 3. The molecule has 9 nitrogen and oxygen atoms in total. The molecule has 0 radical (unpaired) electrons. The maximum absolute atomic E-state index is 16.0. The van der Waals surface area contributed by atoms with Gasteiger partial charge in [0.2, 0.25) is 0 Å². The molecule has 1 aliphatic carbocycles. The van der Waals surface area contributed by atoms with Crippen LogP contribution in [-0.2, 0) is 20.5 Å². The predicted molar refractivity (Wildman–Crippen MR) is 276 cm³/mol. The number of carbonyl (C=O) groups is 1. The summed E-state index contributed by atoms with van der Waals surface area (Å²) in [5.74, 6) is -0.0938. The first kappa shape index (κ1) is 54.4. The number of anilines is 1. The van der Waals surface area contributed by atoms with Crippen molar-refractivity contribution in [2.45, 2.75) is 113 Å². The van der Waals surface area contributed by atoms with Crippen molar-refractivity contribution in [1.29, 1.82) is 15.8 Å². The van der Waals surface area contributed by atoms with Crippen molar-refractivity contribution in [2.75, 3.05) is 37.0 Å². The highest BCUT2D eigenvalue weighted by Crippen LogP contribution is 2.56. The number of aliphatic hydroxyl groups is 2. The number of ether oxygens (including phenoxy) is 2. The molecular formula is C57H61F3N4O5S2. The van der Waals surface area contributed by atoms with Gasteiger partial charge in [0.25, 0.3) is 5.60 Å². The van der Waals surface area contributed by atoms with Crippen LogP contribution in [0.4, 0.5) is 18.9 Å². The molecule has 6 rings (SSSR count). The standard InChI is InChI=1S/C57H61F3N4O5S2/c1-54(2,3)43-21-27-48(28-22-43)71-53-40(34-55(4,5)35-41(53)18-15-39-16-23-45(24-17-39)64(29-31-65)30-32-66)10-8-13-50-49(38-63)52(42(36-61)37-62)69-56(50,57(58,59)60)44-19-25-46(26-20-44)68-51(67)14-7-6-11-47-12-9-33-70-47/h8,10,13,15-28,47,65-66H,6-7,9,11-12,14,29-35H2,1-5H3/b13-8+,18-15+,40-10+. The Balaban J connectivity index is 1.40. The number of carbonyl (C=O) groups excluding carboxylic acids is 1. The van der Waals surface area contributed by atoms with Gasteiger partial charge in [-0.15, -0.1) is 0 Å². The van der Waals surface area contributed by atoms with Crippen LogP contribution in [0.5, 0.6) is 5.75 Å². The van der Waals surface area contributed by atoms with E-state index in [-0.39, 0.29) is 36.2 Å². The number of aliphatic hydroxyl groups excluding tert-OH is 2. The van der Waals surface area contributed by atoms with E-state index in [0.29, 0.717) is 37.6 Å². The second kappa shape index (κ2) is 24.0. The van der Waals surface area contributed by atoms with Crippen molar-refractivity contribution >= 4 is 41.3 Å². The van der Waals surface area contributed by atoms with Gasteiger partial charge in [-0.05, 0) is 114 Å². The molecule has 2 unspecified atom stereocenters. The van der Waals surface area contributed by atoms with Crippen molar-refractivity contribution in [3.05, 3.63) is 152 Å². The van der Waals surface area contributed by atoms with Crippen molar-refractivity contribution in [3.8, 4) is 24.0 Å². The zero-order chi connectivity index (χ0) is 51.4. The van der Waals surface area contributed by atoms with Gasteiger partial charge >= 0.3 is 12.1 Å². The number of unbranched alkanes of at least 4 members (excludes halogenated alkanes) is 1. The number of benzene rings is 3. The van der Waals surface area contributed by atoms with Gasteiger partial charge in [-0.25, -0.2) is 0 Å². The summed E-state index contributed by atoms with van der Waals surface area (Å²) in [7, 11) is 0. The van der Waals surface area contributed by atoms with Crippen LogP contribution >= 0.6 is 23.5 Å². The fraction of sp³-hybridized carbons (Fsp3) is 0.404. The van der Waals surface area contributed by atoms with E-state index in [4.69, 9.17) is 9.47 Å². The Labute approximate surface area is 424 Å².